The number of benzene rings is 1. The molecule has 0 amide bonds. The number of hydrogen-bond donors (Lipinski definition) is 3. The van der Waals surface area contributed by atoms with E-state index in [0.717, 1.165) is 5.56 Å². The molecule has 2 aromatic rings. The molecule has 4 N–H and O–H groups in total. The Morgan fingerprint density at radius 3 is 2.45 bits per heavy atom. The van der Waals surface area contributed by atoms with Crippen molar-refractivity contribution in [3.05, 3.63) is 41.2 Å². The van der Waals surface area contributed by atoms with Crippen molar-refractivity contribution >= 4 is 15.7 Å². The van der Waals surface area contributed by atoms with Crippen LogP contribution in [0.4, 0.5) is 5.69 Å². The fourth-order valence-corrected chi connectivity index (χ4v) is 3.42. The molecule has 1 aromatic heterocycles. The molecule has 0 fully saturated rings. The number of sulfonamides is 1. The molecular weight excluding hydrogens is 276 g/mol. The Balaban J connectivity index is 2.02. The molecule has 0 bridgehead atoms. The third kappa shape index (κ3) is 3.17. The second-order valence-electron chi connectivity index (χ2n) is 4.65. The van der Waals surface area contributed by atoms with Gasteiger partial charge in [-0.05, 0) is 38.0 Å². The van der Waals surface area contributed by atoms with Gasteiger partial charge in [0, 0.05) is 12.2 Å². The molecule has 0 spiro atoms. The number of hydrogen-bond acceptors (Lipinski definition) is 4. The number of aryl methyl sites for hydroxylation is 2. The Hall–Kier alpha value is -1.86. The van der Waals surface area contributed by atoms with Crippen LogP contribution < -0.4 is 10.5 Å². The van der Waals surface area contributed by atoms with E-state index in [9.17, 15) is 8.42 Å². The van der Waals surface area contributed by atoms with Crippen LogP contribution in [0, 0.1) is 13.8 Å². The molecular formula is C13H18N4O2S. The second-order valence-corrected chi connectivity index (χ2v) is 6.36. The van der Waals surface area contributed by atoms with Gasteiger partial charge in [-0.1, -0.05) is 12.1 Å². The first-order valence-corrected chi connectivity index (χ1v) is 7.74. The predicted molar refractivity (Wildman–Crippen MR) is 77.8 cm³/mol. The van der Waals surface area contributed by atoms with Crippen molar-refractivity contribution < 1.29 is 8.42 Å². The smallest absolute Gasteiger partial charge is 0.244 e. The van der Waals surface area contributed by atoms with Crippen LogP contribution in [0.3, 0.4) is 0 Å². The average Bonchev–Trinajstić information content (AvgIpc) is 2.72. The van der Waals surface area contributed by atoms with E-state index < -0.39 is 10.0 Å². The molecule has 1 aromatic carbocycles. The summed E-state index contributed by atoms with van der Waals surface area (Å²) in [7, 11) is -3.53. The molecule has 0 atom stereocenters. The lowest BCUT2D eigenvalue weighted by Gasteiger charge is -2.07. The van der Waals surface area contributed by atoms with Crippen molar-refractivity contribution in [3.8, 4) is 0 Å². The maximum absolute atomic E-state index is 12.2. The topological polar surface area (TPSA) is 101 Å². The van der Waals surface area contributed by atoms with E-state index in [1.807, 2.05) is 12.1 Å². The van der Waals surface area contributed by atoms with Crippen molar-refractivity contribution in [1.82, 2.24) is 14.9 Å². The lowest BCUT2D eigenvalue weighted by molar-refractivity contribution is 0.580. The average molecular weight is 294 g/mol. The van der Waals surface area contributed by atoms with Crippen LogP contribution in [-0.4, -0.2) is 25.2 Å². The molecule has 2 rings (SSSR count). The molecule has 0 unspecified atom stereocenters. The summed E-state index contributed by atoms with van der Waals surface area (Å²) in [6, 6.07) is 7.37. The largest absolute Gasteiger partial charge is 0.399 e. The summed E-state index contributed by atoms with van der Waals surface area (Å²) in [6.45, 7) is 3.68. The SMILES string of the molecule is Cc1n[nH]c(C)c1S(=O)(=O)NCCc1ccc(N)cc1. The van der Waals surface area contributed by atoms with Gasteiger partial charge in [0.1, 0.15) is 4.90 Å². The highest BCUT2D eigenvalue weighted by Gasteiger charge is 2.21. The summed E-state index contributed by atoms with van der Waals surface area (Å²) >= 11 is 0. The van der Waals surface area contributed by atoms with E-state index in [4.69, 9.17) is 5.73 Å². The molecule has 0 aliphatic carbocycles. The molecule has 0 aliphatic heterocycles. The third-order valence-electron chi connectivity index (χ3n) is 3.01. The van der Waals surface area contributed by atoms with Crippen molar-refractivity contribution in [2.75, 3.05) is 12.3 Å². The van der Waals surface area contributed by atoms with Crippen LogP contribution in [0.1, 0.15) is 17.0 Å². The minimum absolute atomic E-state index is 0.231. The predicted octanol–water partition coefficient (Wildman–Crippen LogP) is 1.13. The quantitative estimate of drug-likeness (QED) is 0.719. The van der Waals surface area contributed by atoms with Crippen molar-refractivity contribution in [1.29, 1.82) is 0 Å². The number of anilines is 1. The zero-order chi connectivity index (χ0) is 14.8. The van der Waals surface area contributed by atoms with Crippen LogP contribution in [0.25, 0.3) is 0 Å². The van der Waals surface area contributed by atoms with Gasteiger partial charge in [-0.15, -0.1) is 0 Å². The summed E-state index contributed by atoms with van der Waals surface area (Å²) in [4.78, 5) is 0.231. The number of nitrogens with one attached hydrogen (secondary N) is 2. The number of H-pyrrole nitrogens is 1. The fraction of sp³-hybridized carbons (Fsp3) is 0.308. The van der Waals surface area contributed by atoms with Crippen LogP contribution in [0.5, 0.6) is 0 Å². The number of nitrogens with zero attached hydrogens (tertiary/aromatic N) is 1. The van der Waals surface area contributed by atoms with E-state index in [1.165, 1.54) is 0 Å². The minimum atomic E-state index is -3.53. The van der Waals surface area contributed by atoms with Gasteiger partial charge in [0.15, 0.2) is 0 Å². The number of nitrogens with two attached hydrogens (primary N) is 1. The monoisotopic (exact) mass is 294 g/mol. The number of aromatic amines is 1. The molecule has 20 heavy (non-hydrogen) atoms. The van der Waals surface area contributed by atoms with Gasteiger partial charge in [0.05, 0.1) is 11.4 Å². The summed E-state index contributed by atoms with van der Waals surface area (Å²) in [5, 5.41) is 6.57. The summed E-state index contributed by atoms with van der Waals surface area (Å²) < 4.78 is 27.0. The highest BCUT2D eigenvalue weighted by Crippen LogP contribution is 2.16. The molecule has 0 saturated carbocycles. The van der Waals surface area contributed by atoms with Gasteiger partial charge in [0.25, 0.3) is 0 Å². The Bertz CT molecular complexity index is 670. The zero-order valence-electron chi connectivity index (χ0n) is 11.5. The van der Waals surface area contributed by atoms with E-state index in [2.05, 4.69) is 14.9 Å². The van der Waals surface area contributed by atoms with Gasteiger partial charge in [0.2, 0.25) is 10.0 Å². The van der Waals surface area contributed by atoms with Crippen molar-refractivity contribution in [3.63, 3.8) is 0 Å². The van der Waals surface area contributed by atoms with E-state index in [0.29, 0.717) is 30.0 Å². The van der Waals surface area contributed by atoms with Gasteiger partial charge >= 0.3 is 0 Å². The van der Waals surface area contributed by atoms with Gasteiger partial charge in [-0.3, -0.25) is 5.10 Å². The lowest BCUT2D eigenvalue weighted by atomic mass is 10.1. The Kier molecular flexibility index (Phi) is 4.10. The highest BCUT2D eigenvalue weighted by atomic mass is 32.2. The number of aromatic nitrogens is 2. The minimum Gasteiger partial charge on any atom is -0.399 e. The highest BCUT2D eigenvalue weighted by molar-refractivity contribution is 7.89. The third-order valence-corrected chi connectivity index (χ3v) is 4.74. The van der Waals surface area contributed by atoms with Gasteiger partial charge in [-0.25, -0.2) is 13.1 Å². The molecule has 0 aliphatic rings. The Morgan fingerprint density at radius 1 is 1.25 bits per heavy atom. The van der Waals surface area contributed by atoms with Crippen molar-refractivity contribution in [2.24, 2.45) is 0 Å². The van der Waals surface area contributed by atoms with E-state index >= 15 is 0 Å². The normalized spacial score (nSPS) is 11.7. The first-order valence-electron chi connectivity index (χ1n) is 6.26. The molecule has 0 saturated heterocycles. The Morgan fingerprint density at radius 2 is 1.90 bits per heavy atom. The second kappa shape index (κ2) is 5.64. The maximum Gasteiger partial charge on any atom is 0.244 e. The first-order chi connectivity index (χ1) is 9.40. The van der Waals surface area contributed by atoms with Gasteiger partial charge < -0.3 is 5.73 Å². The molecule has 1 heterocycles. The maximum atomic E-state index is 12.2. The molecule has 6 nitrogen and oxygen atoms in total. The van der Waals surface area contributed by atoms with E-state index in [-0.39, 0.29) is 4.90 Å². The van der Waals surface area contributed by atoms with Crippen LogP contribution in [-0.2, 0) is 16.4 Å². The summed E-state index contributed by atoms with van der Waals surface area (Å²) in [5.74, 6) is 0. The van der Waals surface area contributed by atoms with Crippen molar-refractivity contribution in [2.45, 2.75) is 25.2 Å². The summed E-state index contributed by atoms with van der Waals surface area (Å²) in [5.41, 5.74) is 8.34. The molecule has 0 radical (unpaired) electrons. The number of nitrogen functional groups attached to an aromatic ring is 1. The zero-order valence-corrected chi connectivity index (χ0v) is 12.3. The first kappa shape index (κ1) is 14.5. The molecule has 7 heteroatoms. The van der Waals surface area contributed by atoms with Gasteiger partial charge in [-0.2, -0.15) is 5.10 Å². The lowest BCUT2D eigenvalue weighted by Crippen LogP contribution is -2.26. The number of rotatable bonds is 5. The fourth-order valence-electron chi connectivity index (χ4n) is 2.02. The van der Waals surface area contributed by atoms with Crippen LogP contribution in [0.2, 0.25) is 0 Å². The van der Waals surface area contributed by atoms with Crippen LogP contribution >= 0.6 is 0 Å². The summed E-state index contributed by atoms with van der Waals surface area (Å²) in [6.07, 6.45) is 0.607. The van der Waals surface area contributed by atoms with E-state index in [1.54, 1.807) is 26.0 Å². The molecule has 108 valence electrons. The Labute approximate surface area is 118 Å². The standard InChI is InChI=1S/C13H18N4O2S/c1-9-13(10(2)17-16-9)20(18,19)15-8-7-11-3-5-12(14)6-4-11/h3-6,15H,7-8,14H2,1-2H3,(H,16,17). The van der Waals surface area contributed by atoms with Crippen LogP contribution in [0.15, 0.2) is 29.2 Å².